The van der Waals surface area contributed by atoms with Crippen molar-refractivity contribution in [1.29, 1.82) is 0 Å². The summed E-state index contributed by atoms with van der Waals surface area (Å²) in [6.45, 7) is 4.16. The molecular weight excluding hydrogens is 500 g/mol. The summed E-state index contributed by atoms with van der Waals surface area (Å²) in [5.74, 6) is 0.342. The van der Waals surface area contributed by atoms with Gasteiger partial charge in [0.05, 0.1) is 16.3 Å². The number of anilines is 4. The fourth-order valence-corrected chi connectivity index (χ4v) is 4.61. The molecular formula is C29H27ClN6O2. The molecule has 0 saturated carbocycles. The minimum Gasteiger partial charge on any atom is -0.368 e. The van der Waals surface area contributed by atoms with Crippen molar-refractivity contribution in [3.05, 3.63) is 95.6 Å². The maximum atomic E-state index is 12.9. The maximum absolute atomic E-state index is 12.9. The van der Waals surface area contributed by atoms with Crippen molar-refractivity contribution in [2.75, 3.05) is 41.7 Å². The van der Waals surface area contributed by atoms with Crippen LogP contribution >= 0.6 is 11.6 Å². The third kappa shape index (κ3) is 5.92. The highest BCUT2D eigenvalue weighted by molar-refractivity contribution is 6.33. The number of carbonyl (C=O) groups is 2. The molecule has 3 aromatic carbocycles. The van der Waals surface area contributed by atoms with Crippen LogP contribution in [0.25, 0.3) is 11.3 Å². The number of amides is 2. The van der Waals surface area contributed by atoms with Gasteiger partial charge in [0.15, 0.2) is 0 Å². The number of benzene rings is 3. The zero-order valence-corrected chi connectivity index (χ0v) is 21.7. The molecule has 2 N–H and O–H groups in total. The Morgan fingerprint density at radius 1 is 0.868 bits per heavy atom. The first-order chi connectivity index (χ1) is 18.5. The summed E-state index contributed by atoms with van der Waals surface area (Å²) in [4.78, 5) is 37.3. The first kappa shape index (κ1) is 25.2. The number of nitrogens with one attached hydrogen (secondary N) is 2. The highest BCUT2D eigenvalue weighted by Crippen LogP contribution is 2.25. The number of carbonyl (C=O) groups excluding carboxylic acids is 2. The zero-order chi connectivity index (χ0) is 26.5. The second kappa shape index (κ2) is 11.3. The molecule has 9 heteroatoms. The van der Waals surface area contributed by atoms with Crippen LogP contribution in [0.2, 0.25) is 5.02 Å². The number of hydrogen-bond donors (Lipinski definition) is 2. The molecule has 2 amide bonds. The highest BCUT2D eigenvalue weighted by atomic mass is 35.5. The third-order valence-corrected chi connectivity index (χ3v) is 6.62. The number of aromatic nitrogens is 2. The van der Waals surface area contributed by atoms with E-state index in [0.29, 0.717) is 29.6 Å². The van der Waals surface area contributed by atoms with Crippen molar-refractivity contribution >= 4 is 46.4 Å². The van der Waals surface area contributed by atoms with Gasteiger partial charge in [0.25, 0.3) is 5.91 Å². The van der Waals surface area contributed by atoms with Gasteiger partial charge in [0, 0.05) is 61.9 Å². The van der Waals surface area contributed by atoms with E-state index in [1.54, 1.807) is 18.3 Å². The summed E-state index contributed by atoms with van der Waals surface area (Å²) in [5, 5.41) is 6.54. The van der Waals surface area contributed by atoms with Gasteiger partial charge < -0.3 is 20.4 Å². The van der Waals surface area contributed by atoms with Gasteiger partial charge in [-0.3, -0.25) is 9.59 Å². The normalized spacial score (nSPS) is 13.2. The van der Waals surface area contributed by atoms with Crippen molar-refractivity contribution < 1.29 is 9.59 Å². The van der Waals surface area contributed by atoms with Crippen LogP contribution in [0.4, 0.5) is 23.0 Å². The van der Waals surface area contributed by atoms with Crippen molar-refractivity contribution in [2.24, 2.45) is 0 Å². The third-order valence-electron chi connectivity index (χ3n) is 6.30. The second-order valence-electron chi connectivity index (χ2n) is 8.96. The smallest absolute Gasteiger partial charge is 0.255 e. The van der Waals surface area contributed by atoms with Gasteiger partial charge in [0.2, 0.25) is 11.9 Å². The molecule has 4 aromatic rings. The molecule has 2 heterocycles. The summed E-state index contributed by atoms with van der Waals surface area (Å²) in [7, 11) is 0. The Bertz CT molecular complexity index is 1450. The number of nitrogens with zero attached hydrogens (tertiary/aromatic N) is 4. The molecule has 0 bridgehead atoms. The van der Waals surface area contributed by atoms with Crippen LogP contribution in [0.1, 0.15) is 17.3 Å². The number of rotatable bonds is 6. The van der Waals surface area contributed by atoms with Crippen LogP contribution in [0.15, 0.2) is 85.1 Å². The SMILES string of the molecule is CC(=O)Nc1ccc(-c2ccnc(Nc3cccc(N4CCN(C(=O)c5ccccc5Cl)CC4)c3)n2)cc1. The monoisotopic (exact) mass is 526 g/mol. The highest BCUT2D eigenvalue weighted by Gasteiger charge is 2.23. The van der Waals surface area contributed by atoms with E-state index in [1.807, 2.05) is 59.5 Å². The van der Waals surface area contributed by atoms with E-state index in [2.05, 4.69) is 37.6 Å². The van der Waals surface area contributed by atoms with Crippen LogP contribution in [0, 0.1) is 0 Å². The van der Waals surface area contributed by atoms with Gasteiger partial charge >= 0.3 is 0 Å². The lowest BCUT2D eigenvalue weighted by Crippen LogP contribution is -2.48. The van der Waals surface area contributed by atoms with Gasteiger partial charge in [-0.2, -0.15) is 0 Å². The summed E-state index contributed by atoms with van der Waals surface area (Å²) in [5.41, 5.74) is 4.90. The standard InChI is InChI=1S/C29H27ClN6O2/c1-20(37)32-22-11-9-21(10-12-22)27-13-14-31-29(34-27)33-23-5-4-6-24(19-23)35-15-17-36(18-16-35)28(38)25-7-2-3-8-26(25)30/h2-14,19H,15-18H2,1H3,(H,32,37)(H,31,33,34). The summed E-state index contributed by atoms with van der Waals surface area (Å²) >= 11 is 6.23. The Kier molecular flexibility index (Phi) is 7.51. The van der Waals surface area contributed by atoms with Gasteiger partial charge in [-0.15, -0.1) is 0 Å². The number of hydrogen-bond acceptors (Lipinski definition) is 6. The molecule has 0 unspecified atom stereocenters. The average Bonchev–Trinajstić information content (AvgIpc) is 2.93. The number of piperazine rings is 1. The zero-order valence-electron chi connectivity index (χ0n) is 20.9. The molecule has 1 saturated heterocycles. The lowest BCUT2D eigenvalue weighted by Gasteiger charge is -2.36. The van der Waals surface area contributed by atoms with E-state index in [1.165, 1.54) is 6.92 Å². The quantitative estimate of drug-likeness (QED) is 0.346. The lowest BCUT2D eigenvalue weighted by molar-refractivity contribution is -0.114. The molecule has 1 fully saturated rings. The second-order valence-corrected chi connectivity index (χ2v) is 9.37. The van der Waals surface area contributed by atoms with Gasteiger partial charge in [-0.05, 0) is 48.5 Å². The molecule has 0 aliphatic carbocycles. The Balaban J connectivity index is 1.23. The summed E-state index contributed by atoms with van der Waals surface area (Å²) in [6.07, 6.45) is 1.71. The van der Waals surface area contributed by atoms with Crippen LogP contribution in [0.5, 0.6) is 0 Å². The fourth-order valence-electron chi connectivity index (χ4n) is 4.39. The van der Waals surface area contributed by atoms with Crippen LogP contribution in [-0.2, 0) is 4.79 Å². The van der Waals surface area contributed by atoms with Crippen molar-refractivity contribution in [3.63, 3.8) is 0 Å². The molecule has 0 radical (unpaired) electrons. The predicted octanol–water partition coefficient (Wildman–Crippen LogP) is 5.46. The van der Waals surface area contributed by atoms with Crippen molar-refractivity contribution in [2.45, 2.75) is 6.92 Å². The van der Waals surface area contributed by atoms with E-state index in [0.717, 1.165) is 41.4 Å². The van der Waals surface area contributed by atoms with Gasteiger partial charge in [-0.25, -0.2) is 9.97 Å². The van der Waals surface area contributed by atoms with E-state index in [-0.39, 0.29) is 11.8 Å². The molecule has 0 spiro atoms. The number of halogens is 1. The minimum absolute atomic E-state index is 0.0348. The van der Waals surface area contributed by atoms with Crippen LogP contribution in [0.3, 0.4) is 0 Å². The summed E-state index contributed by atoms with van der Waals surface area (Å²) < 4.78 is 0. The largest absolute Gasteiger partial charge is 0.368 e. The molecule has 38 heavy (non-hydrogen) atoms. The van der Waals surface area contributed by atoms with E-state index in [4.69, 9.17) is 11.6 Å². The van der Waals surface area contributed by atoms with Gasteiger partial charge in [0.1, 0.15) is 0 Å². The van der Waals surface area contributed by atoms with Crippen molar-refractivity contribution in [3.8, 4) is 11.3 Å². The van der Waals surface area contributed by atoms with Crippen LogP contribution < -0.4 is 15.5 Å². The Hall–Kier alpha value is -4.43. The lowest BCUT2D eigenvalue weighted by atomic mass is 10.1. The molecule has 1 aliphatic heterocycles. The van der Waals surface area contributed by atoms with Gasteiger partial charge in [-0.1, -0.05) is 41.9 Å². The summed E-state index contributed by atoms with van der Waals surface area (Å²) in [6, 6.07) is 24.6. The Morgan fingerprint density at radius 3 is 2.37 bits per heavy atom. The van der Waals surface area contributed by atoms with E-state index in [9.17, 15) is 9.59 Å². The Labute approximate surface area is 226 Å². The van der Waals surface area contributed by atoms with E-state index < -0.39 is 0 Å². The molecule has 1 aliphatic rings. The van der Waals surface area contributed by atoms with Crippen molar-refractivity contribution in [1.82, 2.24) is 14.9 Å². The molecule has 0 atom stereocenters. The first-order valence-corrected chi connectivity index (χ1v) is 12.7. The molecule has 192 valence electrons. The fraction of sp³-hybridized carbons (Fsp3) is 0.172. The predicted molar refractivity (Wildman–Crippen MR) is 151 cm³/mol. The topological polar surface area (TPSA) is 90.5 Å². The maximum Gasteiger partial charge on any atom is 0.255 e. The molecule has 5 rings (SSSR count). The van der Waals surface area contributed by atoms with E-state index >= 15 is 0 Å². The minimum atomic E-state index is -0.110. The van der Waals surface area contributed by atoms with Crippen LogP contribution in [-0.4, -0.2) is 52.9 Å². The Morgan fingerprint density at radius 2 is 1.63 bits per heavy atom. The molecule has 8 nitrogen and oxygen atoms in total. The molecule has 1 aromatic heterocycles. The first-order valence-electron chi connectivity index (χ1n) is 12.3. The average molecular weight is 527 g/mol.